The average molecular weight is 473 g/mol. The van der Waals surface area contributed by atoms with E-state index in [9.17, 15) is 19.1 Å². The minimum atomic E-state index is -0.408. The van der Waals surface area contributed by atoms with Crippen molar-refractivity contribution in [2.75, 3.05) is 51.1 Å². The molecule has 0 fully saturated rings. The Morgan fingerprint density at radius 2 is 1.91 bits per heavy atom. The van der Waals surface area contributed by atoms with Gasteiger partial charge in [-0.25, -0.2) is 9.18 Å². The highest BCUT2D eigenvalue weighted by atomic mass is 19.1. The molecule has 2 N–H and O–H groups in total. The molecule has 9 heteroatoms. The Morgan fingerprint density at radius 3 is 2.53 bits per heavy atom. The van der Waals surface area contributed by atoms with Crippen LogP contribution in [0.1, 0.15) is 24.2 Å². The first-order chi connectivity index (χ1) is 16.1. The second-order valence-electron chi connectivity index (χ2n) is 9.02. The number of aliphatic hydroxyl groups is 1. The van der Waals surface area contributed by atoms with Crippen LogP contribution in [0.15, 0.2) is 42.5 Å². The van der Waals surface area contributed by atoms with Crippen LogP contribution in [0.2, 0.25) is 0 Å². The molecule has 3 amide bonds. The fraction of sp³-hybridized carbons (Fsp3) is 0.440. The molecule has 2 aromatic carbocycles. The van der Waals surface area contributed by atoms with E-state index in [4.69, 9.17) is 4.74 Å². The topological polar surface area (TPSA) is 85.4 Å². The summed E-state index contributed by atoms with van der Waals surface area (Å²) in [7, 11) is 5.44. The summed E-state index contributed by atoms with van der Waals surface area (Å²) in [4.78, 5) is 31.2. The maximum Gasteiger partial charge on any atom is 0.321 e. The van der Waals surface area contributed by atoms with Crippen molar-refractivity contribution in [1.29, 1.82) is 0 Å². The zero-order chi connectivity index (χ0) is 25.0. The van der Waals surface area contributed by atoms with Crippen molar-refractivity contribution < 1.29 is 23.8 Å². The van der Waals surface area contributed by atoms with E-state index in [2.05, 4.69) is 5.32 Å². The van der Waals surface area contributed by atoms with E-state index in [1.54, 1.807) is 31.0 Å². The third kappa shape index (κ3) is 5.77. The van der Waals surface area contributed by atoms with Gasteiger partial charge in [0.05, 0.1) is 24.8 Å². The molecule has 0 unspecified atom stereocenters. The normalized spacial score (nSPS) is 18.8. The van der Waals surface area contributed by atoms with Crippen molar-refractivity contribution in [3.05, 3.63) is 53.8 Å². The lowest BCUT2D eigenvalue weighted by Gasteiger charge is -2.38. The van der Waals surface area contributed by atoms with Crippen molar-refractivity contribution in [1.82, 2.24) is 9.80 Å². The number of ether oxygens (including phenoxy) is 1. The fourth-order valence-corrected chi connectivity index (χ4v) is 3.81. The number of likely N-dealkylation sites (N-methyl/N-ethyl adjacent to an activating group) is 1. The first-order valence-electron chi connectivity index (χ1n) is 11.3. The molecular weight excluding hydrogens is 439 g/mol. The van der Waals surface area contributed by atoms with Gasteiger partial charge in [-0.15, -0.1) is 0 Å². The molecule has 0 spiro atoms. The molecule has 1 heterocycles. The van der Waals surface area contributed by atoms with Crippen molar-refractivity contribution in [3.8, 4) is 5.75 Å². The Balaban J connectivity index is 1.85. The summed E-state index contributed by atoms with van der Waals surface area (Å²) in [6.45, 7) is 4.23. The molecule has 0 saturated carbocycles. The molecule has 0 bridgehead atoms. The van der Waals surface area contributed by atoms with Gasteiger partial charge in [0.25, 0.3) is 5.91 Å². The predicted octanol–water partition coefficient (Wildman–Crippen LogP) is 3.28. The lowest BCUT2D eigenvalue weighted by Crippen LogP contribution is -2.50. The number of anilines is 2. The number of carbonyl (C=O) groups is 2. The lowest BCUT2D eigenvalue weighted by molar-refractivity contribution is 0.0371. The summed E-state index contributed by atoms with van der Waals surface area (Å²) in [6.07, 6.45) is -0.408. The van der Waals surface area contributed by atoms with Crippen LogP contribution >= 0.6 is 0 Å². The highest BCUT2D eigenvalue weighted by Gasteiger charge is 2.34. The number of nitrogens with zero attached hydrogens (tertiary/aromatic N) is 3. The summed E-state index contributed by atoms with van der Waals surface area (Å²) in [5.41, 5.74) is 1.76. The first-order valence-corrected chi connectivity index (χ1v) is 11.3. The van der Waals surface area contributed by atoms with Gasteiger partial charge in [-0.05, 0) is 49.4 Å². The summed E-state index contributed by atoms with van der Waals surface area (Å²) < 4.78 is 19.5. The Morgan fingerprint density at radius 1 is 1.24 bits per heavy atom. The van der Waals surface area contributed by atoms with E-state index >= 15 is 0 Å². The molecule has 0 aliphatic carbocycles. The highest BCUT2D eigenvalue weighted by molar-refractivity contribution is 5.98. The minimum absolute atomic E-state index is 0.124. The number of amides is 3. The van der Waals surface area contributed by atoms with Crippen LogP contribution in [0.4, 0.5) is 20.6 Å². The van der Waals surface area contributed by atoms with Crippen LogP contribution in [-0.2, 0) is 0 Å². The van der Waals surface area contributed by atoms with Crippen LogP contribution in [0.5, 0.6) is 5.75 Å². The van der Waals surface area contributed by atoms with Crippen molar-refractivity contribution in [2.45, 2.75) is 26.0 Å². The smallest absolute Gasteiger partial charge is 0.321 e. The van der Waals surface area contributed by atoms with Gasteiger partial charge in [-0.1, -0.05) is 6.92 Å². The van der Waals surface area contributed by atoms with Crippen LogP contribution < -0.4 is 15.0 Å². The maximum atomic E-state index is 13.4. The number of rotatable bonds is 6. The number of halogens is 1. The van der Waals surface area contributed by atoms with Crippen LogP contribution in [-0.4, -0.2) is 79.8 Å². The van der Waals surface area contributed by atoms with Gasteiger partial charge < -0.3 is 29.9 Å². The number of benzene rings is 2. The zero-order valence-electron chi connectivity index (χ0n) is 20.3. The van der Waals surface area contributed by atoms with E-state index in [1.807, 2.05) is 32.0 Å². The summed E-state index contributed by atoms with van der Waals surface area (Å²) in [5.74, 6) is -0.265. The quantitative estimate of drug-likeness (QED) is 0.674. The van der Waals surface area contributed by atoms with Gasteiger partial charge >= 0.3 is 6.03 Å². The first kappa shape index (κ1) is 25.3. The van der Waals surface area contributed by atoms with Gasteiger partial charge in [-0.2, -0.15) is 0 Å². The molecule has 1 aliphatic heterocycles. The fourth-order valence-electron chi connectivity index (χ4n) is 3.81. The monoisotopic (exact) mass is 472 g/mol. The van der Waals surface area contributed by atoms with Crippen LogP contribution in [0, 0.1) is 11.7 Å². The second kappa shape index (κ2) is 10.7. The van der Waals surface area contributed by atoms with Gasteiger partial charge in [0, 0.05) is 45.0 Å². The summed E-state index contributed by atoms with van der Waals surface area (Å²) in [6, 6.07) is 10.3. The van der Waals surface area contributed by atoms with E-state index in [0.29, 0.717) is 23.5 Å². The summed E-state index contributed by atoms with van der Waals surface area (Å²) >= 11 is 0. The molecule has 2 aromatic rings. The van der Waals surface area contributed by atoms with Crippen molar-refractivity contribution in [3.63, 3.8) is 0 Å². The van der Waals surface area contributed by atoms with Crippen molar-refractivity contribution in [2.24, 2.45) is 5.92 Å². The van der Waals surface area contributed by atoms with Crippen LogP contribution in [0.25, 0.3) is 0 Å². The maximum absolute atomic E-state index is 13.4. The second-order valence-corrected chi connectivity index (χ2v) is 9.02. The van der Waals surface area contributed by atoms with E-state index in [0.717, 1.165) is 5.69 Å². The number of hydrogen-bond acceptors (Lipinski definition) is 5. The molecule has 3 rings (SSSR count). The molecule has 0 saturated heterocycles. The molecule has 1 aliphatic rings. The molecule has 8 nitrogen and oxygen atoms in total. The predicted molar refractivity (Wildman–Crippen MR) is 130 cm³/mol. The SMILES string of the molecule is C[C@H]1CN([C@@H](C)CO)C(=O)c2cc(N(C)C)ccc2O[C@@H]1CN(C)C(=O)Nc1ccc(F)cc1. The molecule has 0 radical (unpaired) electrons. The summed E-state index contributed by atoms with van der Waals surface area (Å²) in [5, 5.41) is 12.5. The Kier molecular flexibility index (Phi) is 7.98. The number of urea groups is 1. The van der Waals surface area contributed by atoms with Gasteiger partial charge in [0.1, 0.15) is 17.7 Å². The van der Waals surface area contributed by atoms with Gasteiger partial charge in [0.2, 0.25) is 0 Å². The molecule has 0 aromatic heterocycles. The van der Waals surface area contributed by atoms with E-state index in [1.165, 1.54) is 29.2 Å². The third-order valence-corrected chi connectivity index (χ3v) is 6.06. The highest BCUT2D eigenvalue weighted by Crippen LogP contribution is 2.31. The number of nitrogens with one attached hydrogen (secondary N) is 1. The number of hydrogen-bond donors (Lipinski definition) is 2. The van der Waals surface area contributed by atoms with E-state index in [-0.39, 0.29) is 42.9 Å². The number of fused-ring (bicyclic) bond motifs is 1. The molecule has 34 heavy (non-hydrogen) atoms. The molecular formula is C25H33FN4O4. The zero-order valence-corrected chi connectivity index (χ0v) is 20.3. The molecule has 184 valence electrons. The standard InChI is InChI=1S/C25H33FN4O4/c1-16-13-30(17(2)15-31)24(32)21-12-20(28(3)4)10-11-22(21)34-23(16)14-29(5)25(33)27-19-8-6-18(26)7-9-19/h6-12,16-17,23,31H,13-15H2,1-5H3,(H,27,33)/t16-,17-,23+/m0/s1. The Hall–Kier alpha value is -3.33. The lowest BCUT2D eigenvalue weighted by atomic mass is 9.99. The third-order valence-electron chi connectivity index (χ3n) is 6.06. The van der Waals surface area contributed by atoms with Gasteiger partial charge in [-0.3, -0.25) is 4.79 Å². The average Bonchev–Trinajstić information content (AvgIpc) is 2.81. The Bertz CT molecular complexity index is 1010. The van der Waals surface area contributed by atoms with Gasteiger partial charge in [0.15, 0.2) is 0 Å². The molecule has 3 atom stereocenters. The largest absolute Gasteiger partial charge is 0.487 e. The van der Waals surface area contributed by atoms with Crippen molar-refractivity contribution >= 4 is 23.3 Å². The van der Waals surface area contributed by atoms with E-state index < -0.39 is 6.10 Å². The number of carbonyl (C=O) groups excluding carboxylic acids is 2. The number of aliphatic hydroxyl groups excluding tert-OH is 1. The minimum Gasteiger partial charge on any atom is -0.487 e. The Labute approximate surface area is 199 Å². The van der Waals surface area contributed by atoms with Crippen LogP contribution in [0.3, 0.4) is 0 Å².